The van der Waals surface area contributed by atoms with E-state index in [4.69, 9.17) is 25.8 Å². The highest BCUT2D eigenvalue weighted by atomic mass is 35.5. The number of nitrogens with zero attached hydrogens (tertiary/aromatic N) is 1. The molecule has 0 heterocycles. The molecule has 0 bridgehead atoms. The van der Waals surface area contributed by atoms with Crippen molar-refractivity contribution in [2.45, 2.75) is 0 Å². The Morgan fingerprint density at radius 2 is 1.61 bits per heavy atom. The van der Waals surface area contributed by atoms with Crippen LogP contribution in [0.5, 0.6) is 11.5 Å². The minimum atomic E-state index is -0.918. The largest absolute Gasteiger partial charge is 0.513 e. The van der Waals surface area contributed by atoms with E-state index in [2.05, 4.69) is 0 Å². The normalized spacial score (nSPS) is 9.96. The molecule has 0 aliphatic heterocycles. The molecule has 23 heavy (non-hydrogen) atoms. The summed E-state index contributed by atoms with van der Waals surface area (Å²) in [5.74, 6) is 0.751. The van der Waals surface area contributed by atoms with E-state index in [1.165, 1.54) is 24.3 Å². The van der Waals surface area contributed by atoms with Crippen LogP contribution >= 0.6 is 11.6 Å². The third-order valence-electron chi connectivity index (χ3n) is 2.63. The second kappa shape index (κ2) is 8.00. The van der Waals surface area contributed by atoms with Crippen molar-refractivity contribution < 1.29 is 23.9 Å². The number of halogens is 1. The first-order valence-electron chi connectivity index (χ1n) is 6.52. The van der Waals surface area contributed by atoms with Gasteiger partial charge in [0.1, 0.15) is 24.7 Å². The van der Waals surface area contributed by atoms with Gasteiger partial charge in [-0.25, -0.2) is 4.79 Å². The molecular formula is C15H12ClNO6. The summed E-state index contributed by atoms with van der Waals surface area (Å²) >= 11 is 5.74. The predicted octanol–water partition coefficient (Wildman–Crippen LogP) is 3.84. The molecule has 2 aromatic rings. The van der Waals surface area contributed by atoms with Gasteiger partial charge < -0.3 is 14.2 Å². The lowest BCUT2D eigenvalue weighted by Crippen LogP contribution is -2.15. The average Bonchev–Trinajstić information content (AvgIpc) is 2.54. The van der Waals surface area contributed by atoms with E-state index in [9.17, 15) is 14.9 Å². The van der Waals surface area contributed by atoms with Crippen LogP contribution in [0.15, 0.2) is 48.5 Å². The molecule has 0 atom stereocenters. The number of non-ortho nitro benzene ring substituents is 1. The molecular weight excluding hydrogens is 326 g/mol. The van der Waals surface area contributed by atoms with Gasteiger partial charge >= 0.3 is 6.16 Å². The number of rotatable bonds is 6. The Morgan fingerprint density at radius 3 is 2.22 bits per heavy atom. The first-order chi connectivity index (χ1) is 11.0. The van der Waals surface area contributed by atoms with Crippen molar-refractivity contribution in [2.75, 3.05) is 13.2 Å². The van der Waals surface area contributed by atoms with Gasteiger partial charge in [-0.05, 0) is 36.4 Å². The highest BCUT2D eigenvalue weighted by Crippen LogP contribution is 2.18. The molecule has 0 N–H and O–H groups in total. The van der Waals surface area contributed by atoms with E-state index in [-0.39, 0.29) is 24.7 Å². The van der Waals surface area contributed by atoms with Crippen LogP contribution in [0.2, 0.25) is 5.02 Å². The highest BCUT2D eigenvalue weighted by Gasteiger charge is 2.09. The number of benzene rings is 2. The molecule has 0 unspecified atom stereocenters. The number of hydrogen-bond donors (Lipinski definition) is 0. The number of hydrogen-bond acceptors (Lipinski definition) is 6. The summed E-state index contributed by atoms with van der Waals surface area (Å²) in [5.41, 5.74) is -0.0953. The van der Waals surface area contributed by atoms with Crippen molar-refractivity contribution in [3.05, 3.63) is 63.7 Å². The van der Waals surface area contributed by atoms with Crippen LogP contribution in [0.3, 0.4) is 0 Å². The molecule has 0 fully saturated rings. The molecule has 120 valence electrons. The molecule has 2 rings (SSSR count). The Balaban J connectivity index is 1.70. The Morgan fingerprint density at radius 1 is 1.00 bits per heavy atom. The van der Waals surface area contributed by atoms with Gasteiger partial charge in [-0.3, -0.25) is 10.1 Å². The van der Waals surface area contributed by atoms with E-state index < -0.39 is 11.1 Å². The fourth-order valence-electron chi connectivity index (χ4n) is 1.58. The Bertz CT molecular complexity index is 671. The maximum Gasteiger partial charge on any atom is 0.513 e. The van der Waals surface area contributed by atoms with Crippen LogP contribution in [-0.4, -0.2) is 24.3 Å². The Kier molecular flexibility index (Phi) is 5.76. The standard InChI is InChI=1S/C15H12ClNO6/c16-11-1-5-13(6-2-11)21-9-10-22-15(18)23-14-7-3-12(4-8-14)17(19)20/h1-8H,9-10H2. The van der Waals surface area contributed by atoms with Gasteiger partial charge in [-0.15, -0.1) is 0 Å². The van der Waals surface area contributed by atoms with Gasteiger partial charge in [0.25, 0.3) is 5.69 Å². The van der Waals surface area contributed by atoms with Gasteiger partial charge in [0.05, 0.1) is 4.92 Å². The average molecular weight is 338 g/mol. The van der Waals surface area contributed by atoms with Crippen LogP contribution in [0.4, 0.5) is 10.5 Å². The Labute approximate surface area is 136 Å². The molecule has 8 heteroatoms. The number of carbonyl (C=O) groups is 1. The van der Waals surface area contributed by atoms with Crippen LogP contribution < -0.4 is 9.47 Å². The second-order valence-electron chi connectivity index (χ2n) is 4.25. The van der Waals surface area contributed by atoms with E-state index in [1.54, 1.807) is 24.3 Å². The van der Waals surface area contributed by atoms with Crippen LogP contribution in [0.1, 0.15) is 0 Å². The van der Waals surface area contributed by atoms with Crippen molar-refractivity contribution in [3.8, 4) is 11.5 Å². The molecule has 0 saturated carbocycles. The van der Waals surface area contributed by atoms with Crippen LogP contribution in [-0.2, 0) is 4.74 Å². The minimum Gasteiger partial charge on any atom is -0.490 e. The zero-order valence-corrected chi connectivity index (χ0v) is 12.6. The topological polar surface area (TPSA) is 87.9 Å². The molecule has 0 saturated heterocycles. The second-order valence-corrected chi connectivity index (χ2v) is 4.69. The van der Waals surface area contributed by atoms with Crippen molar-refractivity contribution in [1.29, 1.82) is 0 Å². The molecule has 0 spiro atoms. The Hall–Kier alpha value is -2.80. The smallest absolute Gasteiger partial charge is 0.490 e. The number of carbonyl (C=O) groups excluding carboxylic acids is 1. The third kappa shape index (κ3) is 5.48. The fourth-order valence-corrected chi connectivity index (χ4v) is 1.70. The van der Waals surface area contributed by atoms with Crippen molar-refractivity contribution >= 4 is 23.4 Å². The van der Waals surface area contributed by atoms with Gasteiger partial charge in [-0.2, -0.15) is 0 Å². The molecule has 0 aliphatic carbocycles. The number of nitro groups is 1. The van der Waals surface area contributed by atoms with Gasteiger partial charge in [-0.1, -0.05) is 11.6 Å². The number of ether oxygens (including phenoxy) is 3. The zero-order valence-electron chi connectivity index (χ0n) is 11.8. The van der Waals surface area contributed by atoms with E-state index in [1.807, 2.05) is 0 Å². The van der Waals surface area contributed by atoms with Crippen LogP contribution in [0.25, 0.3) is 0 Å². The summed E-state index contributed by atoms with van der Waals surface area (Å²) in [7, 11) is 0. The lowest BCUT2D eigenvalue weighted by molar-refractivity contribution is -0.384. The molecule has 7 nitrogen and oxygen atoms in total. The maximum absolute atomic E-state index is 11.4. The first kappa shape index (κ1) is 16.6. The number of nitro benzene ring substituents is 1. The van der Waals surface area contributed by atoms with Gasteiger partial charge in [0, 0.05) is 17.2 Å². The minimum absolute atomic E-state index is 0.00551. The fraction of sp³-hybridized carbons (Fsp3) is 0.133. The highest BCUT2D eigenvalue weighted by molar-refractivity contribution is 6.30. The van der Waals surface area contributed by atoms with E-state index in [0.29, 0.717) is 10.8 Å². The summed E-state index contributed by atoms with van der Waals surface area (Å²) in [6.07, 6.45) is -0.918. The summed E-state index contributed by atoms with van der Waals surface area (Å²) < 4.78 is 15.0. The van der Waals surface area contributed by atoms with Crippen molar-refractivity contribution in [2.24, 2.45) is 0 Å². The SMILES string of the molecule is O=C(OCCOc1ccc(Cl)cc1)Oc1ccc([N+](=O)[O-])cc1. The molecule has 2 aromatic carbocycles. The van der Waals surface area contributed by atoms with Gasteiger partial charge in [0.15, 0.2) is 0 Å². The first-order valence-corrected chi connectivity index (χ1v) is 6.90. The quantitative estimate of drug-likeness (QED) is 0.261. The molecule has 0 aromatic heterocycles. The molecule has 0 aliphatic rings. The maximum atomic E-state index is 11.4. The lowest BCUT2D eigenvalue weighted by Gasteiger charge is -2.07. The summed E-state index contributed by atoms with van der Waals surface area (Å²) in [4.78, 5) is 21.4. The summed E-state index contributed by atoms with van der Waals surface area (Å²) in [5, 5.41) is 11.1. The van der Waals surface area contributed by atoms with Gasteiger partial charge in [0.2, 0.25) is 0 Å². The van der Waals surface area contributed by atoms with Crippen molar-refractivity contribution in [3.63, 3.8) is 0 Å². The predicted molar refractivity (Wildman–Crippen MR) is 82.0 cm³/mol. The molecule has 0 amide bonds. The third-order valence-corrected chi connectivity index (χ3v) is 2.89. The monoisotopic (exact) mass is 337 g/mol. The van der Waals surface area contributed by atoms with E-state index in [0.717, 1.165) is 0 Å². The lowest BCUT2D eigenvalue weighted by atomic mass is 10.3. The summed E-state index contributed by atoms with van der Waals surface area (Å²) in [6.45, 7) is 0.144. The zero-order chi connectivity index (χ0) is 16.7. The van der Waals surface area contributed by atoms with Crippen LogP contribution in [0, 0.1) is 10.1 Å². The van der Waals surface area contributed by atoms with Crippen molar-refractivity contribution in [1.82, 2.24) is 0 Å². The molecule has 0 radical (unpaired) electrons. The summed E-state index contributed by atoms with van der Waals surface area (Å²) in [6, 6.07) is 11.8. The van der Waals surface area contributed by atoms with E-state index >= 15 is 0 Å².